The van der Waals surface area contributed by atoms with E-state index in [4.69, 9.17) is 9.47 Å². The smallest absolute Gasteiger partial charge is 0.118 e. The molecule has 0 aliphatic carbocycles. The monoisotopic (exact) mass is 375 g/mol. The molecule has 122 valence electrons. The summed E-state index contributed by atoms with van der Waals surface area (Å²) in [5.74, 6) is 0.912. The Balaban J connectivity index is 1.56. The Bertz CT molecular complexity index is 630. The Morgan fingerprint density at radius 2 is 2.04 bits per heavy atom. The molecule has 1 aliphatic rings. The van der Waals surface area contributed by atoms with Crippen LogP contribution >= 0.6 is 15.9 Å². The van der Waals surface area contributed by atoms with E-state index in [1.807, 2.05) is 18.2 Å². The number of nitrogens with zero attached hydrogens (tertiary/aromatic N) is 1. The van der Waals surface area contributed by atoms with Gasteiger partial charge in [0.1, 0.15) is 5.75 Å². The van der Waals surface area contributed by atoms with Gasteiger partial charge in [-0.1, -0.05) is 40.2 Å². The topological polar surface area (TPSA) is 21.7 Å². The lowest BCUT2D eigenvalue weighted by Gasteiger charge is -2.33. The summed E-state index contributed by atoms with van der Waals surface area (Å²) in [6.07, 6.45) is 1.21. The van der Waals surface area contributed by atoms with Gasteiger partial charge in [-0.3, -0.25) is 4.90 Å². The summed E-state index contributed by atoms with van der Waals surface area (Å²) < 4.78 is 12.3. The Labute approximate surface area is 146 Å². The molecule has 1 aliphatic heterocycles. The van der Waals surface area contributed by atoms with E-state index in [-0.39, 0.29) is 6.10 Å². The first-order chi connectivity index (χ1) is 11.2. The summed E-state index contributed by atoms with van der Waals surface area (Å²) in [5.41, 5.74) is 2.59. The maximum Gasteiger partial charge on any atom is 0.118 e. The maximum absolute atomic E-state index is 5.95. The van der Waals surface area contributed by atoms with Crippen LogP contribution in [0.3, 0.4) is 0 Å². The predicted octanol–water partition coefficient (Wildman–Crippen LogP) is 4.07. The van der Waals surface area contributed by atoms with Gasteiger partial charge < -0.3 is 9.47 Å². The Kier molecular flexibility index (Phi) is 5.70. The van der Waals surface area contributed by atoms with E-state index < -0.39 is 0 Å². The molecule has 2 aromatic rings. The highest BCUT2D eigenvalue weighted by Gasteiger charge is 2.21. The fraction of sp³-hybridized carbons (Fsp3) is 0.368. The normalized spacial score (nSPS) is 18.8. The zero-order valence-corrected chi connectivity index (χ0v) is 15.0. The van der Waals surface area contributed by atoms with Crippen molar-refractivity contribution in [2.24, 2.45) is 0 Å². The van der Waals surface area contributed by atoms with Crippen molar-refractivity contribution in [2.45, 2.75) is 12.5 Å². The van der Waals surface area contributed by atoms with Gasteiger partial charge in [-0.2, -0.15) is 0 Å². The molecular formula is C19H22BrNO2. The maximum atomic E-state index is 5.95. The molecule has 4 heteroatoms. The predicted molar refractivity (Wildman–Crippen MR) is 96.0 cm³/mol. The lowest BCUT2D eigenvalue weighted by atomic mass is 10.1. The molecule has 0 saturated carbocycles. The summed E-state index contributed by atoms with van der Waals surface area (Å²) in [5, 5.41) is 0. The van der Waals surface area contributed by atoms with Crippen LogP contribution in [0.1, 0.15) is 17.2 Å². The van der Waals surface area contributed by atoms with Crippen LogP contribution in [-0.4, -0.2) is 38.3 Å². The van der Waals surface area contributed by atoms with Crippen molar-refractivity contribution in [1.82, 2.24) is 4.90 Å². The summed E-state index contributed by atoms with van der Waals surface area (Å²) >= 11 is 3.54. The van der Waals surface area contributed by atoms with Crippen molar-refractivity contribution in [3.05, 3.63) is 64.1 Å². The first-order valence-corrected chi connectivity index (χ1v) is 8.76. The fourth-order valence-corrected chi connectivity index (χ4v) is 3.31. The van der Waals surface area contributed by atoms with Gasteiger partial charge in [0.05, 0.1) is 19.8 Å². The minimum absolute atomic E-state index is 0.164. The summed E-state index contributed by atoms with van der Waals surface area (Å²) in [4.78, 5) is 2.49. The number of ether oxygens (including phenoxy) is 2. The lowest BCUT2D eigenvalue weighted by Crippen LogP contribution is -2.39. The van der Waals surface area contributed by atoms with Crippen molar-refractivity contribution in [3.63, 3.8) is 0 Å². The van der Waals surface area contributed by atoms with E-state index in [0.29, 0.717) is 0 Å². The van der Waals surface area contributed by atoms with Gasteiger partial charge in [0.2, 0.25) is 0 Å². The SMILES string of the molecule is COc1ccc(CCN2CCOC(c3cccc(Br)c3)C2)cc1. The third-order valence-corrected chi connectivity index (χ3v) is 4.74. The second kappa shape index (κ2) is 7.95. The molecule has 23 heavy (non-hydrogen) atoms. The van der Waals surface area contributed by atoms with Gasteiger partial charge in [0.25, 0.3) is 0 Å². The van der Waals surface area contributed by atoms with Crippen LogP contribution in [0, 0.1) is 0 Å². The molecule has 1 saturated heterocycles. The van der Waals surface area contributed by atoms with Crippen LogP contribution in [0.25, 0.3) is 0 Å². The van der Waals surface area contributed by atoms with E-state index in [9.17, 15) is 0 Å². The Morgan fingerprint density at radius 1 is 1.22 bits per heavy atom. The summed E-state index contributed by atoms with van der Waals surface area (Å²) in [7, 11) is 1.70. The van der Waals surface area contributed by atoms with Crippen LogP contribution in [0.2, 0.25) is 0 Å². The minimum atomic E-state index is 0.164. The van der Waals surface area contributed by atoms with Crippen LogP contribution in [-0.2, 0) is 11.2 Å². The third kappa shape index (κ3) is 4.56. The molecule has 0 aromatic heterocycles. The van der Waals surface area contributed by atoms with E-state index >= 15 is 0 Å². The fourth-order valence-electron chi connectivity index (χ4n) is 2.89. The van der Waals surface area contributed by atoms with E-state index in [1.165, 1.54) is 11.1 Å². The molecule has 1 heterocycles. The average molecular weight is 376 g/mol. The molecular weight excluding hydrogens is 354 g/mol. The number of rotatable bonds is 5. The molecule has 3 rings (SSSR count). The summed E-state index contributed by atoms with van der Waals surface area (Å²) in [6.45, 7) is 3.80. The number of benzene rings is 2. The number of morpholine rings is 1. The van der Waals surface area contributed by atoms with Crippen LogP contribution in [0.4, 0.5) is 0 Å². The zero-order chi connectivity index (χ0) is 16.1. The van der Waals surface area contributed by atoms with E-state index in [2.05, 4.69) is 51.2 Å². The van der Waals surface area contributed by atoms with Crippen LogP contribution in [0.15, 0.2) is 53.0 Å². The van der Waals surface area contributed by atoms with Gasteiger partial charge in [-0.25, -0.2) is 0 Å². The number of halogens is 1. The van der Waals surface area contributed by atoms with Crippen molar-refractivity contribution in [2.75, 3.05) is 33.4 Å². The summed E-state index contributed by atoms with van der Waals surface area (Å²) in [6, 6.07) is 16.8. The molecule has 3 nitrogen and oxygen atoms in total. The first kappa shape index (κ1) is 16.5. The number of hydrogen-bond donors (Lipinski definition) is 0. The highest BCUT2D eigenvalue weighted by atomic mass is 79.9. The average Bonchev–Trinajstić information content (AvgIpc) is 2.61. The lowest BCUT2D eigenvalue weighted by molar-refractivity contribution is -0.0295. The third-order valence-electron chi connectivity index (χ3n) is 4.25. The Hall–Kier alpha value is -1.36. The van der Waals surface area contributed by atoms with Crippen molar-refractivity contribution < 1.29 is 9.47 Å². The molecule has 0 bridgehead atoms. The molecule has 1 fully saturated rings. The molecule has 1 atom stereocenters. The van der Waals surface area contributed by atoms with Crippen LogP contribution < -0.4 is 4.74 Å². The second-order valence-electron chi connectivity index (χ2n) is 5.81. The molecule has 2 aromatic carbocycles. The van der Waals surface area contributed by atoms with Gasteiger partial charge >= 0.3 is 0 Å². The largest absolute Gasteiger partial charge is 0.497 e. The minimum Gasteiger partial charge on any atom is -0.497 e. The van der Waals surface area contributed by atoms with E-state index in [0.717, 1.165) is 42.9 Å². The van der Waals surface area contributed by atoms with E-state index in [1.54, 1.807) is 7.11 Å². The second-order valence-corrected chi connectivity index (χ2v) is 6.73. The number of methoxy groups -OCH3 is 1. The van der Waals surface area contributed by atoms with Gasteiger partial charge in [0.15, 0.2) is 0 Å². The van der Waals surface area contributed by atoms with Gasteiger partial charge in [-0.15, -0.1) is 0 Å². The van der Waals surface area contributed by atoms with Crippen LogP contribution in [0.5, 0.6) is 5.75 Å². The molecule has 1 unspecified atom stereocenters. The van der Waals surface area contributed by atoms with Gasteiger partial charge in [-0.05, 0) is 41.8 Å². The molecule has 0 radical (unpaired) electrons. The zero-order valence-electron chi connectivity index (χ0n) is 13.4. The molecule has 0 spiro atoms. The quantitative estimate of drug-likeness (QED) is 0.785. The molecule has 0 amide bonds. The molecule has 0 N–H and O–H groups in total. The Morgan fingerprint density at radius 3 is 2.78 bits per heavy atom. The number of hydrogen-bond acceptors (Lipinski definition) is 3. The highest BCUT2D eigenvalue weighted by molar-refractivity contribution is 9.10. The first-order valence-electron chi connectivity index (χ1n) is 7.97. The van der Waals surface area contributed by atoms with Crippen molar-refractivity contribution in [3.8, 4) is 5.75 Å². The van der Waals surface area contributed by atoms with Crippen molar-refractivity contribution >= 4 is 15.9 Å². The standard InChI is InChI=1S/C19H22BrNO2/c1-22-18-7-5-15(6-8-18)9-10-21-11-12-23-19(14-21)16-3-2-4-17(20)13-16/h2-8,13,19H,9-12,14H2,1H3. The highest BCUT2D eigenvalue weighted by Crippen LogP contribution is 2.25. The van der Waals surface area contributed by atoms with Crippen molar-refractivity contribution in [1.29, 1.82) is 0 Å². The van der Waals surface area contributed by atoms with Gasteiger partial charge in [0, 0.05) is 24.1 Å².